The average molecular weight is 520 g/mol. The molecule has 13 heteroatoms. The molecule has 0 radical (unpaired) electrons. The summed E-state index contributed by atoms with van der Waals surface area (Å²) in [5, 5.41) is 24.5. The molecule has 0 spiro atoms. The van der Waals surface area contributed by atoms with Crippen molar-refractivity contribution in [2.45, 2.75) is 49.9 Å². The summed E-state index contributed by atoms with van der Waals surface area (Å²) in [6.07, 6.45) is 1.75. The molecule has 0 bridgehead atoms. The molecule has 3 amide bonds. The number of fused-ring (bicyclic) bond motifs is 1. The van der Waals surface area contributed by atoms with Crippen LogP contribution in [0, 0.1) is 0 Å². The minimum Gasteiger partial charge on any atom is -0.481 e. The van der Waals surface area contributed by atoms with Crippen LogP contribution in [-0.2, 0) is 30.4 Å². The molecule has 3 rings (SSSR count). The maximum Gasteiger partial charge on any atom is 0.326 e. The van der Waals surface area contributed by atoms with Gasteiger partial charge < -0.3 is 36.5 Å². The molecule has 1 aromatic heterocycles. The molecule has 1 saturated heterocycles. The summed E-state index contributed by atoms with van der Waals surface area (Å²) in [5.74, 6) is -4.79. The normalized spacial score (nSPS) is 17.8. The van der Waals surface area contributed by atoms with Crippen molar-refractivity contribution >= 4 is 53.2 Å². The summed E-state index contributed by atoms with van der Waals surface area (Å²) in [4.78, 5) is 66.2. The molecule has 1 aromatic carbocycles. The number of hydrogen-bond acceptors (Lipinski definition) is 7. The number of carboxylic acids is 2. The van der Waals surface area contributed by atoms with E-state index in [0.29, 0.717) is 12.0 Å². The number of H-pyrrole nitrogens is 1. The zero-order valence-electron chi connectivity index (χ0n) is 19.3. The number of likely N-dealkylation sites (tertiary alicyclic amines) is 1. The average Bonchev–Trinajstić information content (AvgIpc) is 3.49. The van der Waals surface area contributed by atoms with Gasteiger partial charge in [-0.1, -0.05) is 18.2 Å². The number of benzene rings is 1. The number of para-hydroxylation sites is 1. The topological polar surface area (TPSA) is 195 Å². The number of thiol groups is 1. The van der Waals surface area contributed by atoms with Crippen LogP contribution in [0.5, 0.6) is 0 Å². The Bertz CT molecular complexity index is 1150. The van der Waals surface area contributed by atoms with E-state index in [1.165, 1.54) is 4.90 Å². The molecule has 2 aromatic rings. The SMILES string of the molecule is NC(CS)C(=O)NC(CC(=O)O)C(=O)NC(Cc1c[nH]c2ccccc12)C(=O)N1CCCC1C(=O)O. The Kier molecular flexibility index (Phi) is 8.93. The smallest absolute Gasteiger partial charge is 0.326 e. The van der Waals surface area contributed by atoms with Crippen LogP contribution in [0.15, 0.2) is 30.5 Å². The first-order valence-electron chi connectivity index (χ1n) is 11.4. The number of aromatic nitrogens is 1. The Balaban J connectivity index is 1.89. The third kappa shape index (κ3) is 6.34. The lowest BCUT2D eigenvalue weighted by molar-refractivity contribution is -0.149. The minimum absolute atomic E-state index is 0.0152. The molecular weight excluding hydrogens is 490 g/mol. The molecule has 0 saturated carbocycles. The van der Waals surface area contributed by atoms with Gasteiger partial charge in [-0.3, -0.25) is 19.2 Å². The van der Waals surface area contributed by atoms with Gasteiger partial charge in [0.25, 0.3) is 0 Å². The van der Waals surface area contributed by atoms with Crippen molar-refractivity contribution < 1.29 is 34.2 Å². The van der Waals surface area contributed by atoms with E-state index < -0.39 is 60.2 Å². The first-order valence-corrected chi connectivity index (χ1v) is 12.0. The number of carboxylic acid groups (broad SMARTS) is 2. The molecule has 1 fully saturated rings. The van der Waals surface area contributed by atoms with Gasteiger partial charge in [0.15, 0.2) is 0 Å². The third-order valence-electron chi connectivity index (χ3n) is 6.08. The van der Waals surface area contributed by atoms with Gasteiger partial charge in [-0.25, -0.2) is 4.79 Å². The number of nitrogens with zero attached hydrogens (tertiary/aromatic N) is 1. The van der Waals surface area contributed by atoms with E-state index in [9.17, 15) is 34.2 Å². The molecule has 2 heterocycles. The number of carbonyl (C=O) groups is 5. The number of aliphatic carboxylic acids is 2. The number of rotatable bonds is 11. The summed E-state index contributed by atoms with van der Waals surface area (Å²) in [5.41, 5.74) is 7.14. The quantitative estimate of drug-likeness (QED) is 0.193. The van der Waals surface area contributed by atoms with Crippen LogP contribution in [0.4, 0.5) is 0 Å². The summed E-state index contributed by atoms with van der Waals surface area (Å²) >= 11 is 3.93. The minimum atomic E-state index is -1.51. The first-order chi connectivity index (χ1) is 17.1. The van der Waals surface area contributed by atoms with Crippen LogP contribution >= 0.6 is 12.6 Å². The lowest BCUT2D eigenvalue weighted by Crippen LogP contribution is -2.58. The van der Waals surface area contributed by atoms with E-state index in [4.69, 9.17) is 5.73 Å². The maximum atomic E-state index is 13.5. The molecule has 0 aliphatic carbocycles. The predicted octanol–water partition coefficient (Wildman–Crippen LogP) is -0.513. The zero-order chi connectivity index (χ0) is 26.4. The van der Waals surface area contributed by atoms with Crippen molar-refractivity contribution in [1.82, 2.24) is 20.5 Å². The van der Waals surface area contributed by atoms with Gasteiger partial charge in [0.1, 0.15) is 18.1 Å². The fraction of sp³-hybridized carbons (Fsp3) is 0.435. The van der Waals surface area contributed by atoms with Crippen molar-refractivity contribution in [2.75, 3.05) is 12.3 Å². The second-order valence-electron chi connectivity index (χ2n) is 8.60. The molecule has 4 unspecified atom stereocenters. The van der Waals surface area contributed by atoms with E-state index >= 15 is 0 Å². The van der Waals surface area contributed by atoms with Gasteiger partial charge in [0.2, 0.25) is 17.7 Å². The first kappa shape index (κ1) is 27.0. The van der Waals surface area contributed by atoms with E-state index in [2.05, 4.69) is 28.2 Å². The van der Waals surface area contributed by atoms with Crippen molar-refractivity contribution in [1.29, 1.82) is 0 Å². The Hall–Kier alpha value is -3.58. The van der Waals surface area contributed by atoms with Crippen LogP contribution in [0.3, 0.4) is 0 Å². The van der Waals surface area contributed by atoms with Gasteiger partial charge in [0, 0.05) is 35.8 Å². The number of nitrogens with one attached hydrogen (secondary N) is 3. The molecule has 7 N–H and O–H groups in total. The van der Waals surface area contributed by atoms with Gasteiger partial charge in [-0.15, -0.1) is 0 Å². The molecule has 12 nitrogen and oxygen atoms in total. The van der Waals surface area contributed by atoms with Gasteiger partial charge in [-0.2, -0.15) is 12.6 Å². The lowest BCUT2D eigenvalue weighted by atomic mass is 10.0. The standard InChI is InChI=1S/C23H29N5O7S/c24-14(11-36)20(31)26-16(9-19(29)30)21(32)27-17(22(33)28-7-3-6-18(28)23(34)35)8-12-10-25-15-5-2-1-4-13(12)15/h1-2,4-5,10,14,16-18,25,36H,3,6-9,11,24H2,(H,26,31)(H,27,32)(H,29,30)(H,34,35). The fourth-order valence-corrected chi connectivity index (χ4v) is 4.39. The molecule has 1 aliphatic rings. The van der Waals surface area contributed by atoms with Crippen LogP contribution in [0.2, 0.25) is 0 Å². The Morgan fingerprint density at radius 3 is 2.47 bits per heavy atom. The second kappa shape index (κ2) is 11.9. The van der Waals surface area contributed by atoms with Crippen LogP contribution in [0.25, 0.3) is 10.9 Å². The molecule has 4 atom stereocenters. The van der Waals surface area contributed by atoms with Crippen molar-refractivity contribution in [3.8, 4) is 0 Å². The maximum absolute atomic E-state index is 13.5. The summed E-state index contributed by atoms with van der Waals surface area (Å²) in [7, 11) is 0. The third-order valence-corrected chi connectivity index (χ3v) is 6.47. The molecule has 1 aliphatic heterocycles. The van der Waals surface area contributed by atoms with Crippen molar-refractivity contribution in [3.05, 3.63) is 36.0 Å². The molecular formula is C23H29N5O7S. The number of amides is 3. The number of carbonyl (C=O) groups excluding carboxylic acids is 3. The highest BCUT2D eigenvalue weighted by molar-refractivity contribution is 7.80. The second-order valence-corrected chi connectivity index (χ2v) is 8.97. The van der Waals surface area contributed by atoms with Crippen LogP contribution in [0.1, 0.15) is 24.8 Å². The van der Waals surface area contributed by atoms with E-state index in [1.54, 1.807) is 6.20 Å². The highest BCUT2D eigenvalue weighted by Gasteiger charge is 2.39. The monoisotopic (exact) mass is 519 g/mol. The van der Waals surface area contributed by atoms with Crippen LogP contribution < -0.4 is 16.4 Å². The fourth-order valence-electron chi connectivity index (χ4n) is 4.23. The molecule has 194 valence electrons. The Labute approximate surface area is 212 Å². The Morgan fingerprint density at radius 1 is 1.11 bits per heavy atom. The van der Waals surface area contributed by atoms with Crippen molar-refractivity contribution in [3.63, 3.8) is 0 Å². The summed E-state index contributed by atoms with van der Waals surface area (Å²) in [6.45, 7) is 0.210. The summed E-state index contributed by atoms with van der Waals surface area (Å²) in [6, 6.07) is 2.54. The zero-order valence-corrected chi connectivity index (χ0v) is 20.2. The number of nitrogens with two attached hydrogens (primary N) is 1. The largest absolute Gasteiger partial charge is 0.481 e. The number of aromatic amines is 1. The van der Waals surface area contributed by atoms with Crippen LogP contribution in [-0.4, -0.2) is 86.2 Å². The van der Waals surface area contributed by atoms with Gasteiger partial charge in [0.05, 0.1) is 12.5 Å². The number of hydrogen-bond donors (Lipinski definition) is 7. The Morgan fingerprint density at radius 2 is 1.81 bits per heavy atom. The van der Waals surface area contributed by atoms with Crippen molar-refractivity contribution in [2.24, 2.45) is 5.73 Å². The van der Waals surface area contributed by atoms with Gasteiger partial charge >= 0.3 is 11.9 Å². The van der Waals surface area contributed by atoms with E-state index in [1.807, 2.05) is 24.3 Å². The van der Waals surface area contributed by atoms with E-state index in [0.717, 1.165) is 10.9 Å². The predicted molar refractivity (Wildman–Crippen MR) is 132 cm³/mol. The highest BCUT2D eigenvalue weighted by Crippen LogP contribution is 2.23. The van der Waals surface area contributed by atoms with E-state index in [-0.39, 0.29) is 25.1 Å². The highest BCUT2D eigenvalue weighted by atomic mass is 32.1. The van der Waals surface area contributed by atoms with Gasteiger partial charge in [-0.05, 0) is 24.5 Å². The molecule has 36 heavy (non-hydrogen) atoms. The summed E-state index contributed by atoms with van der Waals surface area (Å²) < 4.78 is 0. The lowest BCUT2D eigenvalue weighted by Gasteiger charge is -2.28.